The van der Waals surface area contributed by atoms with Crippen molar-refractivity contribution in [2.45, 2.75) is 6.42 Å². The van der Waals surface area contributed by atoms with E-state index in [4.69, 9.17) is 10.0 Å². The highest BCUT2D eigenvalue weighted by Gasteiger charge is 2.18. The molecule has 1 heterocycles. The molecule has 0 saturated carbocycles. The standard InChI is InChI=1S/C20H25BN4O4/c26-19(22-23-20(27)16-5-4-6-17(15-16)21(28)29)9-10-24-11-13-25(14-12-24)18-7-2-1-3-8-18/h1-8,15,28-29H,9-14H2,(H,22,26)(H,23,27). The monoisotopic (exact) mass is 396 g/mol. The number of carbonyl (C=O) groups is 2. The Kier molecular flexibility index (Phi) is 7.23. The third-order valence-electron chi connectivity index (χ3n) is 4.91. The fraction of sp³-hybridized carbons (Fsp3) is 0.300. The molecular weight excluding hydrogens is 371 g/mol. The molecule has 0 spiro atoms. The highest BCUT2D eigenvalue weighted by molar-refractivity contribution is 6.58. The van der Waals surface area contributed by atoms with E-state index in [1.807, 2.05) is 18.2 Å². The van der Waals surface area contributed by atoms with Gasteiger partial charge < -0.3 is 14.9 Å². The van der Waals surface area contributed by atoms with E-state index in [0.29, 0.717) is 6.54 Å². The molecule has 9 heteroatoms. The zero-order chi connectivity index (χ0) is 20.6. The first kappa shape index (κ1) is 20.8. The van der Waals surface area contributed by atoms with Crippen LogP contribution in [0.2, 0.25) is 0 Å². The van der Waals surface area contributed by atoms with Gasteiger partial charge in [0, 0.05) is 50.4 Å². The summed E-state index contributed by atoms with van der Waals surface area (Å²) in [6, 6.07) is 16.2. The van der Waals surface area contributed by atoms with Crippen molar-refractivity contribution in [2.24, 2.45) is 0 Å². The minimum absolute atomic E-state index is 0.207. The third kappa shape index (κ3) is 6.05. The van der Waals surface area contributed by atoms with Crippen LogP contribution in [0.15, 0.2) is 54.6 Å². The van der Waals surface area contributed by atoms with Gasteiger partial charge >= 0.3 is 7.12 Å². The summed E-state index contributed by atoms with van der Waals surface area (Å²) >= 11 is 0. The smallest absolute Gasteiger partial charge is 0.423 e. The molecule has 0 bridgehead atoms. The van der Waals surface area contributed by atoms with E-state index < -0.39 is 13.0 Å². The van der Waals surface area contributed by atoms with Gasteiger partial charge in [-0.3, -0.25) is 25.3 Å². The first-order valence-electron chi connectivity index (χ1n) is 9.60. The number of rotatable bonds is 6. The fourth-order valence-electron chi connectivity index (χ4n) is 3.23. The van der Waals surface area contributed by atoms with Crippen LogP contribution in [0.3, 0.4) is 0 Å². The summed E-state index contributed by atoms with van der Waals surface area (Å²) in [7, 11) is -1.65. The normalized spacial score (nSPS) is 14.3. The summed E-state index contributed by atoms with van der Waals surface area (Å²) in [6.07, 6.45) is 0.279. The average Bonchev–Trinajstić information content (AvgIpc) is 2.77. The molecule has 1 saturated heterocycles. The Morgan fingerprint density at radius 3 is 2.34 bits per heavy atom. The number of amides is 2. The lowest BCUT2D eigenvalue weighted by molar-refractivity contribution is -0.122. The maximum absolute atomic E-state index is 12.1. The van der Waals surface area contributed by atoms with Crippen LogP contribution in [0.5, 0.6) is 0 Å². The second-order valence-corrected chi connectivity index (χ2v) is 6.92. The predicted octanol–water partition coefficient (Wildman–Crippen LogP) is -0.660. The summed E-state index contributed by atoms with van der Waals surface area (Å²) in [4.78, 5) is 28.7. The summed E-state index contributed by atoms with van der Waals surface area (Å²) in [5.74, 6) is -0.792. The lowest BCUT2D eigenvalue weighted by Crippen LogP contribution is -2.48. The van der Waals surface area contributed by atoms with Crippen molar-refractivity contribution in [3.63, 3.8) is 0 Å². The van der Waals surface area contributed by atoms with Crippen LogP contribution in [0, 0.1) is 0 Å². The van der Waals surface area contributed by atoms with Crippen LogP contribution in [-0.4, -0.2) is 66.6 Å². The van der Waals surface area contributed by atoms with Crippen molar-refractivity contribution < 1.29 is 19.6 Å². The largest absolute Gasteiger partial charge is 0.488 e. The SMILES string of the molecule is O=C(CCN1CCN(c2ccccc2)CC1)NNC(=O)c1cccc(B(O)O)c1. The van der Waals surface area contributed by atoms with Gasteiger partial charge in [0.05, 0.1) is 0 Å². The molecule has 2 aromatic carbocycles. The Morgan fingerprint density at radius 1 is 0.931 bits per heavy atom. The van der Waals surface area contributed by atoms with E-state index in [0.717, 1.165) is 26.2 Å². The molecule has 2 amide bonds. The molecule has 1 aliphatic heterocycles. The molecule has 0 aliphatic carbocycles. The van der Waals surface area contributed by atoms with Gasteiger partial charge in [0.1, 0.15) is 0 Å². The second kappa shape index (κ2) is 10.1. The van der Waals surface area contributed by atoms with Gasteiger partial charge in [0.15, 0.2) is 0 Å². The van der Waals surface area contributed by atoms with E-state index in [1.54, 1.807) is 6.07 Å². The topological polar surface area (TPSA) is 105 Å². The van der Waals surface area contributed by atoms with Crippen molar-refractivity contribution in [3.05, 3.63) is 60.2 Å². The Morgan fingerprint density at radius 2 is 1.66 bits per heavy atom. The predicted molar refractivity (Wildman–Crippen MR) is 112 cm³/mol. The van der Waals surface area contributed by atoms with E-state index in [9.17, 15) is 9.59 Å². The number of nitrogens with zero attached hydrogens (tertiary/aromatic N) is 2. The number of hydrazine groups is 1. The Labute approximate surface area is 170 Å². The number of nitrogens with one attached hydrogen (secondary N) is 2. The zero-order valence-electron chi connectivity index (χ0n) is 16.1. The number of benzene rings is 2. The molecule has 0 unspecified atom stereocenters. The lowest BCUT2D eigenvalue weighted by Gasteiger charge is -2.36. The Balaban J connectivity index is 1.37. The maximum atomic E-state index is 12.1. The summed E-state index contributed by atoms with van der Waals surface area (Å²) in [5.41, 5.74) is 6.41. The van der Waals surface area contributed by atoms with Gasteiger partial charge in [-0.25, -0.2) is 0 Å². The average molecular weight is 396 g/mol. The quantitative estimate of drug-likeness (QED) is 0.382. The zero-order valence-corrected chi connectivity index (χ0v) is 16.1. The molecule has 4 N–H and O–H groups in total. The molecule has 1 aliphatic rings. The Bertz CT molecular complexity index is 826. The molecular formula is C20H25BN4O4. The van der Waals surface area contributed by atoms with E-state index >= 15 is 0 Å². The van der Waals surface area contributed by atoms with Gasteiger partial charge in [0.2, 0.25) is 5.91 Å². The Hall–Kier alpha value is -2.88. The number of carbonyl (C=O) groups excluding carboxylic acids is 2. The van der Waals surface area contributed by atoms with E-state index in [2.05, 4.69) is 32.8 Å². The van der Waals surface area contributed by atoms with Crippen LogP contribution >= 0.6 is 0 Å². The number of hydrogen-bond donors (Lipinski definition) is 4. The number of hydrogen-bond acceptors (Lipinski definition) is 6. The lowest BCUT2D eigenvalue weighted by atomic mass is 9.79. The van der Waals surface area contributed by atoms with Gasteiger partial charge in [-0.15, -0.1) is 0 Å². The third-order valence-corrected chi connectivity index (χ3v) is 4.91. The molecule has 3 rings (SSSR count). The minimum atomic E-state index is -1.65. The molecule has 0 aromatic heterocycles. The van der Waals surface area contributed by atoms with Gasteiger partial charge in [-0.2, -0.15) is 0 Å². The van der Waals surface area contributed by atoms with Crippen LogP contribution < -0.4 is 21.2 Å². The van der Waals surface area contributed by atoms with Crippen LogP contribution in [-0.2, 0) is 4.79 Å². The second-order valence-electron chi connectivity index (χ2n) is 6.92. The van der Waals surface area contributed by atoms with Gasteiger partial charge in [-0.1, -0.05) is 30.3 Å². The molecule has 1 fully saturated rings. The van der Waals surface area contributed by atoms with Gasteiger partial charge in [-0.05, 0) is 29.7 Å². The molecule has 8 nitrogen and oxygen atoms in total. The molecule has 152 valence electrons. The number of piperazine rings is 1. The summed E-state index contributed by atoms with van der Waals surface area (Å²) < 4.78 is 0. The maximum Gasteiger partial charge on any atom is 0.488 e. The van der Waals surface area contributed by atoms with Gasteiger partial charge in [0.25, 0.3) is 5.91 Å². The fourth-order valence-corrected chi connectivity index (χ4v) is 3.23. The highest BCUT2D eigenvalue weighted by atomic mass is 16.4. The van der Waals surface area contributed by atoms with E-state index in [1.165, 1.54) is 23.9 Å². The van der Waals surface area contributed by atoms with Crippen molar-refractivity contribution in [1.82, 2.24) is 15.8 Å². The molecule has 2 aromatic rings. The first-order valence-corrected chi connectivity index (χ1v) is 9.60. The van der Waals surface area contributed by atoms with E-state index in [-0.39, 0.29) is 23.4 Å². The molecule has 0 atom stereocenters. The van der Waals surface area contributed by atoms with Crippen LogP contribution in [0.4, 0.5) is 5.69 Å². The first-order chi connectivity index (χ1) is 14.0. The molecule has 0 radical (unpaired) electrons. The van der Waals surface area contributed by atoms with Crippen molar-refractivity contribution in [3.8, 4) is 0 Å². The number of para-hydroxylation sites is 1. The number of anilines is 1. The summed E-state index contributed by atoms with van der Waals surface area (Å²) in [6.45, 7) is 4.21. The van der Waals surface area contributed by atoms with Crippen LogP contribution in [0.1, 0.15) is 16.8 Å². The minimum Gasteiger partial charge on any atom is -0.423 e. The molecule has 29 heavy (non-hydrogen) atoms. The van der Waals surface area contributed by atoms with Crippen molar-refractivity contribution in [2.75, 3.05) is 37.6 Å². The van der Waals surface area contributed by atoms with Crippen LogP contribution in [0.25, 0.3) is 0 Å². The highest BCUT2D eigenvalue weighted by Crippen LogP contribution is 2.15. The van der Waals surface area contributed by atoms with Crippen molar-refractivity contribution in [1.29, 1.82) is 0 Å². The summed E-state index contributed by atoms with van der Waals surface area (Å²) in [5, 5.41) is 18.3. The van der Waals surface area contributed by atoms with Crippen molar-refractivity contribution >= 4 is 30.1 Å².